The molecule has 1 saturated heterocycles. The number of carbonyl (C=O) groups is 1. The summed E-state index contributed by atoms with van der Waals surface area (Å²) in [4.78, 5) is 20.5. The van der Waals surface area contributed by atoms with Crippen LogP contribution in [0.1, 0.15) is 24.4 Å². The van der Waals surface area contributed by atoms with E-state index in [1.165, 1.54) is 10.6 Å². The summed E-state index contributed by atoms with van der Waals surface area (Å²) in [5, 5.41) is 6.99. The lowest BCUT2D eigenvalue weighted by molar-refractivity contribution is -0.121. The van der Waals surface area contributed by atoms with Gasteiger partial charge in [-0.15, -0.1) is 36.2 Å². The van der Waals surface area contributed by atoms with Crippen LogP contribution < -0.4 is 10.6 Å². The minimum absolute atomic E-state index is 0. The van der Waals surface area contributed by atoms with Crippen molar-refractivity contribution in [2.75, 3.05) is 31.5 Å². The first-order valence-corrected chi connectivity index (χ1v) is 8.21. The highest BCUT2D eigenvalue weighted by Crippen LogP contribution is 2.29. The van der Waals surface area contributed by atoms with Crippen LogP contribution in [0.15, 0.2) is 0 Å². The van der Waals surface area contributed by atoms with E-state index in [-0.39, 0.29) is 36.6 Å². The summed E-state index contributed by atoms with van der Waals surface area (Å²) in [5.41, 5.74) is 1.17. The average Bonchev–Trinajstić information content (AvgIpc) is 2.77. The minimum atomic E-state index is 0. The second-order valence-electron chi connectivity index (χ2n) is 5.70. The van der Waals surface area contributed by atoms with Crippen LogP contribution in [0.2, 0.25) is 0 Å². The van der Waals surface area contributed by atoms with E-state index in [2.05, 4.69) is 27.4 Å². The molecule has 1 atom stereocenters. The van der Waals surface area contributed by atoms with Crippen molar-refractivity contribution in [2.45, 2.75) is 26.8 Å². The molecule has 0 bridgehead atoms. The number of thiazole rings is 1. The summed E-state index contributed by atoms with van der Waals surface area (Å²) in [5.74, 6) is 0.638. The van der Waals surface area contributed by atoms with Crippen molar-refractivity contribution in [2.24, 2.45) is 11.8 Å². The van der Waals surface area contributed by atoms with Crippen molar-refractivity contribution in [3.8, 4) is 0 Å². The summed E-state index contributed by atoms with van der Waals surface area (Å²) >= 11 is 1.64. The minimum Gasteiger partial charge on any atom is -0.316 e. The number of halogens is 2. The van der Waals surface area contributed by atoms with Gasteiger partial charge in [0, 0.05) is 30.3 Å². The SMILES string of the molecule is CCN1CCc2nc(NC(=O)C(C)C3CNC3)sc2C1.Cl.Cl. The Hall–Kier alpha value is -0.400. The third-order valence-corrected chi connectivity index (χ3v) is 5.42. The van der Waals surface area contributed by atoms with E-state index in [9.17, 15) is 4.79 Å². The molecule has 0 aliphatic carbocycles. The third kappa shape index (κ3) is 4.11. The molecule has 5 nitrogen and oxygen atoms in total. The lowest BCUT2D eigenvalue weighted by Gasteiger charge is -2.31. The molecule has 0 spiro atoms. The normalized spacial score (nSPS) is 19.2. The summed E-state index contributed by atoms with van der Waals surface area (Å²) in [7, 11) is 0. The van der Waals surface area contributed by atoms with Gasteiger partial charge in [0.25, 0.3) is 0 Å². The molecule has 22 heavy (non-hydrogen) atoms. The standard InChI is InChI=1S/C14H22N4OS.2ClH/c1-3-18-5-4-11-12(8-18)20-14(16-11)17-13(19)9(2)10-6-15-7-10;;/h9-10,15H,3-8H2,1-2H3,(H,16,17,19);2*1H. The Morgan fingerprint density at radius 3 is 2.82 bits per heavy atom. The van der Waals surface area contributed by atoms with E-state index < -0.39 is 0 Å². The van der Waals surface area contributed by atoms with Crippen molar-refractivity contribution in [3.63, 3.8) is 0 Å². The van der Waals surface area contributed by atoms with Gasteiger partial charge < -0.3 is 10.6 Å². The molecular weight excluding hydrogens is 343 g/mol. The molecule has 2 aliphatic heterocycles. The van der Waals surface area contributed by atoms with Crippen LogP contribution in [0.25, 0.3) is 0 Å². The highest BCUT2D eigenvalue weighted by molar-refractivity contribution is 7.15. The van der Waals surface area contributed by atoms with Gasteiger partial charge in [-0.25, -0.2) is 4.98 Å². The molecule has 1 aromatic heterocycles. The molecule has 0 aromatic carbocycles. The lowest BCUT2D eigenvalue weighted by atomic mass is 9.88. The zero-order valence-electron chi connectivity index (χ0n) is 12.9. The maximum Gasteiger partial charge on any atom is 0.229 e. The van der Waals surface area contributed by atoms with E-state index in [1.807, 2.05) is 6.92 Å². The number of carbonyl (C=O) groups excluding carboxylic acids is 1. The summed E-state index contributed by atoms with van der Waals surface area (Å²) < 4.78 is 0. The Morgan fingerprint density at radius 2 is 2.23 bits per heavy atom. The number of likely N-dealkylation sites (N-methyl/N-ethyl adjacent to an activating group) is 1. The van der Waals surface area contributed by atoms with Gasteiger partial charge in [0.15, 0.2) is 5.13 Å². The van der Waals surface area contributed by atoms with Crippen LogP contribution >= 0.6 is 36.2 Å². The fourth-order valence-corrected chi connectivity index (χ4v) is 3.72. The number of amides is 1. The lowest BCUT2D eigenvalue weighted by Crippen LogP contribution is -2.48. The van der Waals surface area contributed by atoms with Gasteiger partial charge in [0.1, 0.15) is 0 Å². The van der Waals surface area contributed by atoms with Gasteiger partial charge in [0.2, 0.25) is 5.91 Å². The van der Waals surface area contributed by atoms with Crippen LogP contribution in [0.5, 0.6) is 0 Å². The van der Waals surface area contributed by atoms with E-state index in [0.29, 0.717) is 5.92 Å². The highest BCUT2D eigenvalue weighted by atomic mass is 35.5. The predicted molar refractivity (Wildman–Crippen MR) is 95.4 cm³/mol. The molecule has 1 aromatic rings. The van der Waals surface area contributed by atoms with Gasteiger partial charge in [0.05, 0.1) is 5.69 Å². The first-order chi connectivity index (χ1) is 9.67. The Bertz CT molecular complexity index is 507. The molecule has 1 fully saturated rings. The van der Waals surface area contributed by atoms with Crippen LogP contribution in [0.3, 0.4) is 0 Å². The Labute approximate surface area is 148 Å². The van der Waals surface area contributed by atoms with E-state index >= 15 is 0 Å². The number of nitrogens with zero attached hydrogens (tertiary/aromatic N) is 2. The molecule has 0 radical (unpaired) electrons. The Kier molecular flexibility index (Phi) is 7.55. The molecule has 2 N–H and O–H groups in total. The van der Waals surface area contributed by atoms with E-state index in [0.717, 1.165) is 44.3 Å². The largest absolute Gasteiger partial charge is 0.316 e. The van der Waals surface area contributed by atoms with Crippen molar-refractivity contribution >= 4 is 47.2 Å². The van der Waals surface area contributed by atoms with Crippen molar-refractivity contribution < 1.29 is 4.79 Å². The average molecular weight is 367 g/mol. The summed E-state index contributed by atoms with van der Waals surface area (Å²) in [6, 6.07) is 0. The fourth-order valence-electron chi connectivity index (χ4n) is 2.67. The highest BCUT2D eigenvalue weighted by Gasteiger charge is 2.29. The zero-order valence-corrected chi connectivity index (χ0v) is 15.4. The number of fused-ring (bicyclic) bond motifs is 1. The maximum absolute atomic E-state index is 12.2. The first kappa shape index (κ1) is 19.6. The second kappa shape index (κ2) is 8.45. The van der Waals surface area contributed by atoms with Gasteiger partial charge >= 0.3 is 0 Å². The molecule has 126 valence electrons. The number of aromatic nitrogens is 1. The van der Waals surface area contributed by atoms with Crippen LogP contribution in [0, 0.1) is 11.8 Å². The monoisotopic (exact) mass is 366 g/mol. The topological polar surface area (TPSA) is 57.3 Å². The number of anilines is 1. The van der Waals surface area contributed by atoms with E-state index in [4.69, 9.17) is 0 Å². The van der Waals surface area contributed by atoms with Gasteiger partial charge in [-0.2, -0.15) is 0 Å². The van der Waals surface area contributed by atoms with Crippen LogP contribution in [-0.2, 0) is 17.8 Å². The quantitative estimate of drug-likeness (QED) is 0.856. The summed E-state index contributed by atoms with van der Waals surface area (Å²) in [6.45, 7) is 9.22. The van der Waals surface area contributed by atoms with Crippen molar-refractivity contribution in [3.05, 3.63) is 10.6 Å². The zero-order chi connectivity index (χ0) is 14.1. The number of rotatable bonds is 4. The van der Waals surface area contributed by atoms with Gasteiger partial charge in [-0.1, -0.05) is 13.8 Å². The van der Waals surface area contributed by atoms with Crippen LogP contribution in [-0.4, -0.2) is 42.0 Å². The molecule has 1 unspecified atom stereocenters. The molecule has 8 heteroatoms. The predicted octanol–water partition coefficient (Wildman–Crippen LogP) is 2.16. The summed E-state index contributed by atoms with van der Waals surface area (Å²) in [6.07, 6.45) is 0.998. The van der Waals surface area contributed by atoms with Crippen LogP contribution in [0.4, 0.5) is 5.13 Å². The second-order valence-corrected chi connectivity index (χ2v) is 6.79. The smallest absolute Gasteiger partial charge is 0.229 e. The first-order valence-electron chi connectivity index (χ1n) is 7.40. The number of hydrogen-bond acceptors (Lipinski definition) is 5. The fraction of sp³-hybridized carbons (Fsp3) is 0.714. The van der Waals surface area contributed by atoms with Crippen molar-refractivity contribution in [1.29, 1.82) is 0 Å². The van der Waals surface area contributed by atoms with Gasteiger partial charge in [-0.05, 0) is 25.6 Å². The van der Waals surface area contributed by atoms with Gasteiger partial charge in [-0.3, -0.25) is 9.69 Å². The molecule has 2 aliphatic rings. The molecule has 3 rings (SSSR count). The van der Waals surface area contributed by atoms with Crippen molar-refractivity contribution in [1.82, 2.24) is 15.2 Å². The molecule has 1 amide bonds. The van der Waals surface area contributed by atoms with E-state index in [1.54, 1.807) is 11.3 Å². The third-order valence-electron chi connectivity index (χ3n) is 4.42. The Morgan fingerprint density at radius 1 is 1.50 bits per heavy atom. The molecule has 3 heterocycles. The molecular formula is C14H24Cl2N4OS. The number of nitrogens with one attached hydrogen (secondary N) is 2. The number of hydrogen-bond donors (Lipinski definition) is 2. The maximum atomic E-state index is 12.2. The molecule has 0 saturated carbocycles. The Balaban J connectivity index is 0.00000121.